The molecule has 1 aliphatic rings. The lowest BCUT2D eigenvalue weighted by Crippen LogP contribution is -2.51. The summed E-state index contributed by atoms with van der Waals surface area (Å²) in [6.45, 7) is -0.115. The fourth-order valence-electron chi connectivity index (χ4n) is 2.89. The van der Waals surface area contributed by atoms with Gasteiger partial charge in [0.05, 0.1) is 13.2 Å². The number of nitrogens with one attached hydrogen (secondary N) is 1. The number of amides is 2. The number of morpholine rings is 1. The highest BCUT2D eigenvalue weighted by molar-refractivity contribution is 5.96. The van der Waals surface area contributed by atoms with Crippen molar-refractivity contribution in [3.63, 3.8) is 0 Å². The molecule has 1 heterocycles. The van der Waals surface area contributed by atoms with Crippen molar-refractivity contribution >= 4 is 17.5 Å². The molecular formula is C19H20N2O4. The Balaban J connectivity index is 1.84. The van der Waals surface area contributed by atoms with Crippen LogP contribution in [0.4, 0.5) is 5.69 Å². The van der Waals surface area contributed by atoms with Crippen LogP contribution in [0.25, 0.3) is 0 Å². The van der Waals surface area contributed by atoms with E-state index in [2.05, 4.69) is 5.32 Å². The van der Waals surface area contributed by atoms with Gasteiger partial charge >= 0.3 is 0 Å². The predicted molar refractivity (Wildman–Crippen MR) is 93.3 cm³/mol. The van der Waals surface area contributed by atoms with Crippen molar-refractivity contribution in [1.29, 1.82) is 0 Å². The molecule has 6 heteroatoms. The summed E-state index contributed by atoms with van der Waals surface area (Å²) in [6.07, 6.45) is -0.795. The van der Waals surface area contributed by atoms with E-state index in [9.17, 15) is 9.59 Å². The second kappa shape index (κ2) is 7.36. The Bertz CT molecular complexity index is 763. The molecule has 1 saturated heterocycles. The van der Waals surface area contributed by atoms with Crippen molar-refractivity contribution < 1.29 is 19.1 Å². The van der Waals surface area contributed by atoms with Gasteiger partial charge in [-0.15, -0.1) is 0 Å². The van der Waals surface area contributed by atoms with Crippen molar-refractivity contribution in [2.24, 2.45) is 0 Å². The van der Waals surface area contributed by atoms with E-state index in [0.717, 1.165) is 5.56 Å². The Morgan fingerprint density at radius 1 is 1.20 bits per heavy atom. The molecule has 1 aliphatic heterocycles. The lowest BCUT2D eigenvalue weighted by molar-refractivity contribution is -0.160. The molecule has 1 N–H and O–H groups in total. The van der Waals surface area contributed by atoms with E-state index in [-0.39, 0.29) is 18.4 Å². The third-order valence-corrected chi connectivity index (χ3v) is 4.22. The number of hydrogen-bond donors (Lipinski definition) is 1. The molecule has 1 fully saturated rings. The van der Waals surface area contributed by atoms with E-state index in [1.807, 2.05) is 30.3 Å². The normalized spacial score (nSPS) is 20.2. The Hall–Kier alpha value is -2.86. The number of anilines is 1. The van der Waals surface area contributed by atoms with Gasteiger partial charge in [-0.1, -0.05) is 36.4 Å². The standard InChI is InChI=1S/C19H20N2O4/c1-21-16(22)12-25-18(17(21)13-7-4-3-5-8-13)19(23)20-14-9-6-10-15(11-14)24-2/h3-11,17-18H,12H2,1-2H3,(H,20,23)/t17-,18+/m0/s1. The summed E-state index contributed by atoms with van der Waals surface area (Å²) in [5, 5.41) is 2.84. The summed E-state index contributed by atoms with van der Waals surface area (Å²) >= 11 is 0. The van der Waals surface area contributed by atoms with Gasteiger partial charge in [-0.25, -0.2) is 0 Å². The van der Waals surface area contributed by atoms with Crippen LogP contribution in [-0.4, -0.2) is 43.6 Å². The number of likely N-dealkylation sites (N-methyl/N-ethyl adjacent to an activating group) is 1. The van der Waals surface area contributed by atoms with Gasteiger partial charge in [0, 0.05) is 18.8 Å². The van der Waals surface area contributed by atoms with Crippen LogP contribution in [-0.2, 0) is 14.3 Å². The Morgan fingerprint density at radius 2 is 1.96 bits per heavy atom. The molecular weight excluding hydrogens is 320 g/mol. The second-order valence-electron chi connectivity index (χ2n) is 5.81. The number of ether oxygens (including phenoxy) is 2. The van der Waals surface area contributed by atoms with Crippen LogP contribution in [0, 0.1) is 0 Å². The predicted octanol–water partition coefficient (Wildman–Crippen LogP) is 2.23. The molecule has 6 nitrogen and oxygen atoms in total. The highest BCUT2D eigenvalue weighted by Crippen LogP contribution is 2.30. The minimum atomic E-state index is -0.795. The summed E-state index contributed by atoms with van der Waals surface area (Å²) in [7, 11) is 3.26. The SMILES string of the molecule is COc1cccc(NC(=O)[C@@H]2OCC(=O)N(C)[C@H]2c2ccccc2)c1. The van der Waals surface area contributed by atoms with E-state index in [1.54, 1.807) is 43.3 Å². The Morgan fingerprint density at radius 3 is 2.68 bits per heavy atom. The van der Waals surface area contributed by atoms with E-state index in [4.69, 9.17) is 9.47 Å². The number of rotatable bonds is 4. The average molecular weight is 340 g/mol. The molecule has 2 aromatic carbocycles. The van der Waals surface area contributed by atoms with Crippen molar-refractivity contribution in [3.8, 4) is 5.75 Å². The fourth-order valence-corrected chi connectivity index (χ4v) is 2.89. The van der Waals surface area contributed by atoms with E-state index in [0.29, 0.717) is 11.4 Å². The third-order valence-electron chi connectivity index (χ3n) is 4.22. The molecule has 0 saturated carbocycles. The molecule has 2 amide bonds. The van der Waals surface area contributed by atoms with Crippen LogP contribution in [0.2, 0.25) is 0 Å². The number of methoxy groups -OCH3 is 1. The number of nitrogens with zero attached hydrogens (tertiary/aromatic N) is 1. The molecule has 0 bridgehead atoms. The zero-order valence-electron chi connectivity index (χ0n) is 14.1. The number of benzene rings is 2. The molecule has 2 atom stereocenters. The number of hydrogen-bond acceptors (Lipinski definition) is 4. The molecule has 3 rings (SSSR count). The van der Waals surface area contributed by atoms with Gasteiger partial charge in [0.15, 0.2) is 6.10 Å². The first kappa shape index (κ1) is 17.0. The molecule has 0 radical (unpaired) electrons. The first-order valence-electron chi connectivity index (χ1n) is 7.97. The van der Waals surface area contributed by atoms with Gasteiger partial charge in [0.2, 0.25) is 5.91 Å². The average Bonchev–Trinajstić information content (AvgIpc) is 2.64. The lowest BCUT2D eigenvalue weighted by atomic mass is 9.97. The van der Waals surface area contributed by atoms with E-state index >= 15 is 0 Å². The van der Waals surface area contributed by atoms with Gasteiger partial charge in [0.25, 0.3) is 5.91 Å². The van der Waals surface area contributed by atoms with E-state index < -0.39 is 12.1 Å². The van der Waals surface area contributed by atoms with Gasteiger partial charge in [-0.3, -0.25) is 9.59 Å². The minimum Gasteiger partial charge on any atom is -0.497 e. The number of carbonyl (C=O) groups is 2. The molecule has 2 aromatic rings. The smallest absolute Gasteiger partial charge is 0.256 e. The monoisotopic (exact) mass is 340 g/mol. The maximum Gasteiger partial charge on any atom is 0.256 e. The highest BCUT2D eigenvalue weighted by Gasteiger charge is 2.40. The molecule has 0 aliphatic carbocycles. The first-order chi connectivity index (χ1) is 12.1. The van der Waals surface area contributed by atoms with Gasteiger partial charge in [-0.05, 0) is 17.7 Å². The van der Waals surface area contributed by atoms with Crippen LogP contribution >= 0.6 is 0 Å². The maximum absolute atomic E-state index is 12.8. The fraction of sp³-hybridized carbons (Fsp3) is 0.263. The number of carbonyl (C=O) groups excluding carboxylic acids is 2. The molecule has 0 unspecified atom stereocenters. The Kier molecular flexibility index (Phi) is 5.00. The van der Waals surface area contributed by atoms with Gasteiger partial charge in [-0.2, -0.15) is 0 Å². The molecule has 0 spiro atoms. The third kappa shape index (κ3) is 3.64. The topological polar surface area (TPSA) is 67.9 Å². The van der Waals surface area contributed by atoms with Crippen LogP contribution in [0.15, 0.2) is 54.6 Å². The van der Waals surface area contributed by atoms with Crippen molar-refractivity contribution in [2.45, 2.75) is 12.1 Å². The van der Waals surface area contributed by atoms with Gasteiger partial charge < -0.3 is 19.7 Å². The summed E-state index contributed by atoms with van der Waals surface area (Å²) in [6, 6.07) is 16.0. The summed E-state index contributed by atoms with van der Waals surface area (Å²) in [4.78, 5) is 26.4. The van der Waals surface area contributed by atoms with E-state index in [1.165, 1.54) is 0 Å². The maximum atomic E-state index is 12.8. The zero-order valence-corrected chi connectivity index (χ0v) is 14.1. The summed E-state index contributed by atoms with van der Waals surface area (Å²) in [5.41, 5.74) is 1.46. The molecule has 0 aromatic heterocycles. The summed E-state index contributed by atoms with van der Waals surface area (Å²) < 4.78 is 10.8. The first-order valence-corrected chi connectivity index (χ1v) is 7.97. The van der Waals surface area contributed by atoms with Crippen LogP contribution < -0.4 is 10.1 Å². The largest absolute Gasteiger partial charge is 0.497 e. The molecule has 25 heavy (non-hydrogen) atoms. The van der Waals surface area contributed by atoms with Crippen LogP contribution in [0.3, 0.4) is 0 Å². The quantitative estimate of drug-likeness (QED) is 0.927. The van der Waals surface area contributed by atoms with Gasteiger partial charge in [0.1, 0.15) is 12.4 Å². The Labute approximate surface area is 146 Å². The lowest BCUT2D eigenvalue weighted by Gasteiger charge is -2.38. The minimum absolute atomic E-state index is 0.115. The van der Waals surface area contributed by atoms with Crippen molar-refractivity contribution in [2.75, 3.05) is 26.1 Å². The van der Waals surface area contributed by atoms with Crippen LogP contribution in [0.5, 0.6) is 5.75 Å². The molecule has 130 valence electrons. The van der Waals surface area contributed by atoms with Crippen molar-refractivity contribution in [3.05, 3.63) is 60.2 Å². The zero-order chi connectivity index (χ0) is 17.8. The summed E-state index contributed by atoms with van der Waals surface area (Å²) in [5.74, 6) is 0.190. The van der Waals surface area contributed by atoms with Crippen LogP contribution in [0.1, 0.15) is 11.6 Å². The second-order valence-corrected chi connectivity index (χ2v) is 5.81. The van der Waals surface area contributed by atoms with Crippen molar-refractivity contribution in [1.82, 2.24) is 4.90 Å². The highest BCUT2D eigenvalue weighted by atomic mass is 16.5.